The van der Waals surface area contributed by atoms with E-state index in [-0.39, 0.29) is 5.97 Å². The van der Waals surface area contributed by atoms with Crippen molar-refractivity contribution in [3.63, 3.8) is 0 Å². The molecule has 2 heterocycles. The molecule has 0 aliphatic carbocycles. The predicted octanol–water partition coefficient (Wildman–Crippen LogP) is 1.19. The van der Waals surface area contributed by atoms with Crippen LogP contribution in [0.15, 0.2) is 24.3 Å². The lowest BCUT2D eigenvalue weighted by Crippen LogP contribution is -2.38. The monoisotopic (exact) mass is 378 g/mol. The number of methoxy groups -OCH3 is 2. The Morgan fingerprint density at radius 1 is 1.38 bits per heavy atom. The average molecular weight is 378 g/mol. The van der Waals surface area contributed by atoms with Gasteiger partial charge in [-0.25, -0.2) is 4.68 Å². The van der Waals surface area contributed by atoms with Gasteiger partial charge in [-0.15, -0.1) is 0 Å². The number of nitrogens with zero attached hydrogens (tertiary/aromatic N) is 4. The van der Waals surface area contributed by atoms with Crippen LogP contribution < -0.4 is 4.74 Å². The van der Waals surface area contributed by atoms with Gasteiger partial charge in [-0.1, -0.05) is 12.1 Å². The Balaban J connectivity index is 1.93. The highest BCUT2D eigenvalue weighted by Gasteiger charge is 2.37. The van der Waals surface area contributed by atoms with Gasteiger partial charge in [0.05, 0.1) is 32.6 Å². The zero-order valence-corrected chi connectivity index (χ0v) is 15.8. The van der Waals surface area contributed by atoms with Gasteiger partial charge in [-0.3, -0.25) is 9.69 Å². The van der Waals surface area contributed by atoms with Crippen LogP contribution in [-0.2, 0) is 23.2 Å². The second kappa shape index (κ2) is 7.56. The van der Waals surface area contributed by atoms with Crippen LogP contribution in [0.3, 0.4) is 0 Å². The van der Waals surface area contributed by atoms with Crippen LogP contribution in [0.25, 0.3) is 11.4 Å². The van der Waals surface area contributed by atoms with Crippen molar-refractivity contribution in [1.82, 2.24) is 19.2 Å². The van der Waals surface area contributed by atoms with Crippen molar-refractivity contribution >= 4 is 18.2 Å². The van der Waals surface area contributed by atoms with Gasteiger partial charge in [0.2, 0.25) is 0 Å². The molecular weight excluding hydrogens is 356 g/mol. The molecule has 2 atom stereocenters. The van der Waals surface area contributed by atoms with Crippen LogP contribution in [-0.4, -0.2) is 63.2 Å². The number of aliphatic hydroxyl groups excluding tert-OH is 1. The van der Waals surface area contributed by atoms with E-state index in [9.17, 15) is 9.90 Å². The molecule has 0 bridgehead atoms. The van der Waals surface area contributed by atoms with Gasteiger partial charge in [0.25, 0.3) is 0 Å². The maximum atomic E-state index is 12.0. The molecule has 0 saturated carbocycles. The number of esters is 1. The average Bonchev–Trinajstić information content (AvgIpc) is 3.15. The van der Waals surface area contributed by atoms with Crippen molar-refractivity contribution < 1.29 is 19.4 Å². The molecule has 1 fully saturated rings. The minimum Gasteiger partial charge on any atom is -0.496 e. The Hall–Kier alpha value is -2.23. The topological polar surface area (TPSA) is 81.8 Å². The fourth-order valence-corrected chi connectivity index (χ4v) is 3.42. The lowest BCUT2D eigenvalue weighted by molar-refractivity contribution is -0.146. The zero-order chi connectivity index (χ0) is 18.8. The lowest BCUT2D eigenvalue weighted by atomic mass is 10.2. The molecule has 0 spiro atoms. The Morgan fingerprint density at radius 2 is 2.12 bits per heavy atom. The van der Waals surface area contributed by atoms with Crippen molar-refractivity contribution in [3.8, 4) is 17.1 Å². The Morgan fingerprint density at radius 3 is 2.81 bits per heavy atom. The smallest absolute Gasteiger partial charge is 0.323 e. The van der Waals surface area contributed by atoms with Crippen LogP contribution in [0.4, 0.5) is 0 Å². The third-order valence-electron chi connectivity index (χ3n) is 4.56. The van der Waals surface area contributed by atoms with Gasteiger partial charge in [0.15, 0.2) is 10.6 Å². The number of para-hydroxylation sites is 1. The Labute approximate surface area is 156 Å². The van der Waals surface area contributed by atoms with Crippen molar-refractivity contribution in [2.24, 2.45) is 7.05 Å². The molecule has 1 aliphatic heterocycles. The summed E-state index contributed by atoms with van der Waals surface area (Å²) < 4.78 is 14.2. The summed E-state index contributed by atoms with van der Waals surface area (Å²) >= 11 is 5.51. The fourth-order valence-electron chi connectivity index (χ4n) is 3.23. The summed E-state index contributed by atoms with van der Waals surface area (Å²) in [5.41, 5.74) is 0.827. The summed E-state index contributed by atoms with van der Waals surface area (Å²) in [5.74, 6) is 1.00. The highest BCUT2D eigenvalue weighted by molar-refractivity contribution is 7.71. The van der Waals surface area contributed by atoms with E-state index < -0.39 is 12.1 Å². The van der Waals surface area contributed by atoms with E-state index >= 15 is 0 Å². The number of benzene rings is 1. The highest BCUT2D eigenvalue weighted by Crippen LogP contribution is 2.28. The molecule has 1 N–H and O–H groups in total. The molecule has 3 rings (SSSR count). The number of aromatic nitrogens is 3. The number of ether oxygens (including phenoxy) is 2. The second-order valence-electron chi connectivity index (χ2n) is 6.21. The van der Waals surface area contributed by atoms with E-state index in [0.29, 0.717) is 36.0 Å². The Kier molecular flexibility index (Phi) is 5.40. The molecule has 1 aromatic carbocycles. The van der Waals surface area contributed by atoms with E-state index in [1.54, 1.807) is 16.4 Å². The molecule has 1 aliphatic rings. The number of rotatable bonds is 5. The summed E-state index contributed by atoms with van der Waals surface area (Å²) in [4.78, 5) is 13.8. The van der Waals surface area contributed by atoms with E-state index in [1.165, 1.54) is 7.11 Å². The summed E-state index contributed by atoms with van der Waals surface area (Å²) in [6.07, 6.45) is -0.239. The largest absolute Gasteiger partial charge is 0.496 e. The predicted molar refractivity (Wildman–Crippen MR) is 97.2 cm³/mol. The molecule has 0 radical (unpaired) electrons. The van der Waals surface area contributed by atoms with Crippen LogP contribution in [0.5, 0.6) is 5.75 Å². The Bertz CT molecular complexity index is 863. The van der Waals surface area contributed by atoms with Crippen LogP contribution in [0.2, 0.25) is 0 Å². The number of aliphatic hydroxyl groups is 1. The summed E-state index contributed by atoms with van der Waals surface area (Å²) in [7, 11) is 4.79. The molecule has 1 saturated heterocycles. The highest BCUT2D eigenvalue weighted by atomic mass is 32.1. The van der Waals surface area contributed by atoms with Gasteiger partial charge < -0.3 is 19.1 Å². The van der Waals surface area contributed by atoms with Gasteiger partial charge in [-0.2, -0.15) is 5.10 Å². The molecule has 9 heteroatoms. The van der Waals surface area contributed by atoms with Gasteiger partial charge in [0.1, 0.15) is 11.8 Å². The third-order valence-corrected chi connectivity index (χ3v) is 5.04. The summed E-state index contributed by atoms with van der Waals surface area (Å²) in [5, 5.41) is 14.6. The summed E-state index contributed by atoms with van der Waals surface area (Å²) in [6.45, 7) is 0.654. The third kappa shape index (κ3) is 3.37. The maximum Gasteiger partial charge on any atom is 0.323 e. The normalized spacial score (nSPS) is 20.3. The molecule has 140 valence electrons. The quantitative estimate of drug-likeness (QED) is 0.618. The minimum atomic E-state index is -0.578. The number of β-amino-alcohol motifs (C(OH)–C–C–N with tert-alkyl or cyclic N) is 1. The van der Waals surface area contributed by atoms with E-state index in [1.807, 2.05) is 36.2 Å². The molecule has 1 aromatic heterocycles. The van der Waals surface area contributed by atoms with Crippen LogP contribution in [0.1, 0.15) is 6.42 Å². The van der Waals surface area contributed by atoms with Gasteiger partial charge >= 0.3 is 5.97 Å². The van der Waals surface area contributed by atoms with E-state index in [0.717, 1.165) is 5.56 Å². The fraction of sp³-hybridized carbons (Fsp3) is 0.471. The molecular formula is C17H22N4O4S. The minimum absolute atomic E-state index is 0.290. The lowest BCUT2D eigenvalue weighted by Gasteiger charge is -2.21. The summed E-state index contributed by atoms with van der Waals surface area (Å²) in [6, 6.07) is 7.07. The number of hydrogen-bond acceptors (Lipinski definition) is 7. The standard InChI is InChI=1S/C17H22N4O4S/c1-19-15(12-6-4-5-7-14(12)24-2)18-21(17(19)26)10-20-9-11(22)8-13(20)16(23)25-3/h4-7,11,13,22H,8-10H2,1-3H3/t11-,13+/m1/s1. The van der Waals surface area contributed by atoms with Crippen molar-refractivity contribution in [2.75, 3.05) is 20.8 Å². The molecule has 8 nitrogen and oxygen atoms in total. The first-order chi connectivity index (χ1) is 12.5. The number of likely N-dealkylation sites (tertiary alicyclic amines) is 1. The second-order valence-corrected chi connectivity index (χ2v) is 6.57. The van der Waals surface area contributed by atoms with Gasteiger partial charge in [-0.05, 0) is 24.4 Å². The van der Waals surface area contributed by atoms with Crippen molar-refractivity contribution in [3.05, 3.63) is 29.0 Å². The first kappa shape index (κ1) is 18.6. The maximum absolute atomic E-state index is 12.0. The number of hydrogen-bond donors (Lipinski definition) is 1. The first-order valence-corrected chi connectivity index (χ1v) is 8.64. The van der Waals surface area contributed by atoms with E-state index in [4.69, 9.17) is 21.7 Å². The zero-order valence-electron chi connectivity index (χ0n) is 15.0. The first-order valence-electron chi connectivity index (χ1n) is 8.23. The molecule has 26 heavy (non-hydrogen) atoms. The number of carbonyl (C=O) groups excluding carboxylic acids is 1. The number of carbonyl (C=O) groups is 1. The van der Waals surface area contributed by atoms with Gasteiger partial charge in [0, 0.05) is 20.0 Å². The van der Waals surface area contributed by atoms with Crippen LogP contribution in [0, 0.1) is 4.77 Å². The SMILES string of the molecule is COC(=O)[C@@H]1C[C@@H](O)CN1Cn1nc(-c2ccccc2OC)n(C)c1=S. The van der Waals surface area contributed by atoms with E-state index in [2.05, 4.69) is 5.10 Å². The van der Waals surface area contributed by atoms with Crippen molar-refractivity contribution in [1.29, 1.82) is 0 Å². The molecule has 2 aromatic rings. The van der Waals surface area contributed by atoms with Crippen LogP contribution >= 0.6 is 12.2 Å². The molecule has 0 amide bonds. The van der Waals surface area contributed by atoms with Crippen molar-refractivity contribution in [2.45, 2.75) is 25.2 Å². The molecule has 0 unspecified atom stereocenters.